The largest absolute Gasteiger partial charge is 0.0651 e. The van der Waals surface area contributed by atoms with E-state index in [9.17, 15) is 0 Å². The van der Waals surface area contributed by atoms with E-state index in [2.05, 4.69) is 13.8 Å². The summed E-state index contributed by atoms with van der Waals surface area (Å²) in [6.07, 6.45) is 13.8. The highest BCUT2D eigenvalue weighted by Crippen LogP contribution is 2.56. The molecule has 4 unspecified atom stereocenters. The number of fused-ring (bicyclic) bond motifs is 2. The van der Waals surface area contributed by atoms with Crippen LogP contribution in [0.1, 0.15) is 71.6 Å². The number of rotatable bonds is 1. The van der Waals surface area contributed by atoms with Gasteiger partial charge in [0.2, 0.25) is 0 Å². The Kier molecular flexibility index (Phi) is 3.50. The fraction of sp³-hybridized carbons (Fsp3) is 1.00. The number of hydrogen-bond acceptors (Lipinski definition) is 0. The molecule has 0 aromatic heterocycles. The third kappa shape index (κ3) is 1.96. The van der Waals surface area contributed by atoms with Crippen LogP contribution in [0.15, 0.2) is 0 Å². The average molecular weight is 234 g/mol. The maximum absolute atomic E-state index is 2.61. The van der Waals surface area contributed by atoms with Gasteiger partial charge >= 0.3 is 0 Å². The quantitative estimate of drug-likeness (QED) is 0.579. The lowest BCUT2D eigenvalue weighted by atomic mass is 9.50. The summed E-state index contributed by atoms with van der Waals surface area (Å²) in [4.78, 5) is 0. The van der Waals surface area contributed by atoms with Gasteiger partial charge in [0.1, 0.15) is 0 Å². The molecule has 17 heavy (non-hydrogen) atoms. The van der Waals surface area contributed by atoms with Crippen molar-refractivity contribution in [1.29, 1.82) is 0 Å². The predicted octanol–water partition coefficient (Wildman–Crippen LogP) is 5.28. The van der Waals surface area contributed by atoms with Crippen molar-refractivity contribution in [2.24, 2.45) is 35.5 Å². The highest BCUT2D eigenvalue weighted by Gasteiger charge is 2.48. The molecule has 3 aliphatic carbocycles. The van der Waals surface area contributed by atoms with Gasteiger partial charge in [-0.1, -0.05) is 46.0 Å². The highest BCUT2D eigenvalue weighted by atomic mass is 14.5. The minimum atomic E-state index is 1.05. The first-order valence-electron chi connectivity index (χ1n) is 8.33. The van der Waals surface area contributed by atoms with E-state index in [1.165, 1.54) is 32.1 Å². The molecule has 0 N–H and O–H groups in total. The SMILES string of the molecule is CCC1C2CCCCC2C(C)C2CCCCC21. The smallest absolute Gasteiger partial charge is 0.0352 e. The van der Waals surface area contributed by atoms with E-state index in [-0.39, 0.29) is 0 Å². The molecule has 0 aromatic rings. The minimum Gasteiger partial charge on any atom is -0.0651 e. The molecule has 3 aliphatic rings. The fourth-order valence-corrected chi connectivity index (χ4v) is 5.99. The molecule has 0 aromatic carbocycles. The zero-order valence-electron chi connectivity index (χ0n) is 11.8. The predicted molar refractivity (Wildman–Crippen MR) is 73.8 cm³/mol. The summed E-state index contributed by atoms with van der Waals surface area (Å²) in [5.41, 5.74) is 0. The molecule has 0 spiro atoms. The van der Waals surface area contributed by atoms with E-state index in [1.807, 2.05) is 0 Å². The van der Waals surface area contributed by atoms with Gasteiger partial charge in [-0.25, -0.2) is 0 Å². The van der Waals surface area contributed by atoms with Crippen molar-refractivity contribution in [2.45, 2.75) is 71.6 Å². The molecule has 0 heterocycles. The molecule has 0 nitrogen and oxygen atoms in total. The lowest BCUT2D eigenvalue weighted by molar-refractivity contribution is -0.0557. The summed E-state index contributed by atoms with van der Waals surface area (Å²) in [7, 11) is 0. The summed E-state index contributed by atoms with van der Waals surface area (Å²) >= 11 is 0. The molecule has 0 bridgehead atoms. The van der Waals surface area contributed by atoms with Gasteiger partial charge in [-0.15, -0.1) is 0 Å². The fourth-order valence-electron chi connectivity index (χ4n) is 5.99. The van der Waals surface area contributed by atoms with Gasteiger partial charge in [-0.05, 0) is 61.2 Å². The van der Waals surface area contributed by atoms with Gasteiger partial charge in [0.05, 0.1) is 0 Å². The molecule has 3 saturated carbocycles. The Balaban J connectivity index is 1.85. The van der Waals surface area contributed by atoms with Crippen LogP contribution < -0.4 is 0 Å². The first-order valence-corrected chi connectivity index (χ1v) is 8.33. The Bertz CT molecular complexity index is 233. The Morgan fingerprint density at radius 3 is 1.53 bits per heavy atom. The van der Waals surface area contributed by atoms with Gasteiger partial charge in [-0.2, -0.15) is 0 Å². The third-order valence-corrected chi connectivity index (χ3v) is 6.67. The van der Waals surface area contributed by atoms with Crippen LogP contribution in [0.5, 0.6) is 0 Å². The van der Waals surface area contributed by atoms with Crippen molar-refractivity contribution in [3.05, 3.63) is 0 Å². The van der Waals surface area contributed by atoms with Crippen LogP contribution in [0.2, 0.25) is 0 Å². The Labute approximate surface area is 108 Å². The third-order valence-electron chi connectivity index (χ3n) is 6.67. The van der Waals surface area contributed by atoms with Crippen LogP contribution >= 0.6 is 0 Å². The average Bonchev–Trinajstić information content (AvgIpc) is 2.40. The van der Waals surface area contributed by atoms with Crippen molar-refractivity contribution in [3.8, 4) is 0 Å². The normalized spacial score (nSPS) is 50.5. The topological polar surface area (TPSA) is 0 Å². The molecule has 0 amide bonds. The monoisotopic (exact) mass is 234 g/mol. The molecule has 98 valence electrons. The Morgan fingerprint density at radius 1 is 0.706 bits per heavy atom. The number of hydrogen-bond donors (Lipinski definition) is 0. The Hall–Kier alpha value is 0. The highest BCUT2D eigenvalue weighted by molar-refractivity contribution is 4.97. The van der Waals surface area contributed by atoms with E-state index in [0.717, 1.165) is 35.5 Å². The summed E-state index contributed by atoms with van der Waals surface area (Å²) in [5.74, 6) is 6.59. The van der Waals surface area contributed by atoms with Crippen LogP contribution in [-0.4, -0.2) is 0 Å². The van der Waals surface area contributed by atoms with Crippen molar-refractivity contribution in [1.82, 2.24) is 0 Å². The first-order chi connectivity index (χ1) is 8.33. The molecule has 4 atom stereocenters. The lowest BCUT2D eigenvalue weighted by Gasteiger charge is -2.55. The molecular weight excluding hydrogens is 204 g/mol. The molecule has 0 radical (unpaired) electrons. The van der Waals surface area contributed by atoms with Gasteiger partial charge in [0.15, 0.2) is 0 Å². The van der Waals surface area contributed by atoms with Crippen molar-refractivity contribution >= 4 is 0 Å². The molecule has 0 heteroatoms. The molecule has 3 fully saturated rings. The second kappa shape index (κ2) is 4.94. The molecule has 3 rings (SSSR count). The van der Waals surface area contributed by atoms with E-state index in [0.29, 0.717) is 0 Å². The van der Waals surface area contributed by atoms with E-state index >= 15 is 0 Å². The van der Waals surface area contributed by atoms with Crippen LogP contribution in [0.25, 0.3) is 0 Å². The van der Waals surface area contributed by atoms with E-state index in [4.69, 9.17) is 0 Å². The second-order valence-corrected chi connectivity index (χ2v) is 7.16. The maximum atomic E-state index is 2.61. The zero-order valence-corrected chi connectivity index (χ0v) is 11.8. The van der Waals surface area contributed by atoms with Gasteiger partial charge < -0.3 is 0 Å². The maximum Gasteiger partial charge on any atom is -0.0352 e. The lowest BCUT2D eigenvalue weighted by Crippen LogP contribution is -2.47. The molecule has 0 aliphatic heterocycles. The zero-order chi connectivity index (χ0) is 11.8. The van der Waals surface area contributed by atoms with Crippen molar-refractivity contribution < 1.29 is 0 Å². The van der Waals surface area contributed by atoms with E-state index < -0.39 is 0 Å². The minimum absolute atomic E-state index is 1.05. The summed E-state index contributed by atoms with van der Waals surface area (Å²) in [5, 5.41) is 0. The summed E-state index contributed by atoms with van der Waals surface area (Å²) < 4.78 is 0. The van der Waals surface area contributed by atoms with Crippen LogP contribution in [0.3, 0.4) is 0 Å². The Morgan fingerprint density at radius 2 is 1.12 bits per heavy atom. The van der Waals surface area contributed by atoms with Gasteiger partial charge in [0.25, 0.3) is 0 Å². The standard InChI is InChI=1S/C17H30/c1-3-13-16-10-6-4-8-14(16)12(2)15-9-5-7-11-17(13)15/h12-17H,3-11H2,1-2H3. The molecular formula is C17H30. The summed E-state index contributed by atoms with van der Waals surface area (Å²) in [6, 6.07) is 0. The van der Waals surface area contributed by atoms with Crippen LogP contribution in [-0.2, 0) is 0 Å². The second-order valence-electron chi connectivity index (χ2n) is 7.16. The van der Waals surface area contributed by atoms with Gasteiger partial charge in [-0.3, -0.25) is 0 Å². The van der Waals surface area contributed by atoms with Crippen LogP contribution in [0.4, 0.5) is 0 Å². The van der Waals surface area contributed by atoms with E-state index in [1.54, 1.807) is 25.7 Å². The van der Waals surface area contributed by atoms with Crippen molar-refractivity contribution in [3.63, 3.8) is 0 Å². The van der Waals surface area contributed by atoms with Crippen LogP contribution in [0, 0.1) is 35.5 Å². The first kappa shape index (κ1) is 12.1. The molecule has 0 saturated heterocycles. The summed E-state index contributed by atoms with van der Waals surface area (Å²) in [6.45, 7) is 5.08. The van der Waals surface area contributed by atoms with Gasteiger partial charge in [0, 0.05) is 0 Å². The van der Waals surface area contributed by atoms with Crippen molar-refractivity contribution in [2.75, 3.05) is 0 Å².